The summed E-state index contributed by atoms with van der Waals surface area (Å²) >= 11 is 0. The van der Waals surface area contributed by atoms with Crippen LogP contribution in [0.5, 0.6) is 0 Å². The summed E-state index contributed by atoms with van der Waals surface area (Å²) in [6.45, 7) is 4.49. The first-order chi connectivity index (χ1) is 13.2. The van der Waals surface area contributed by atoms with Crippen molar-refractivity contribution in [1.29, 1.82) is 0 Å². The molecule has 0 radical (unpaired) electrons. The van der Waals surface area contributed by atoms with Gasteiger partial charge >= 0.3 is 18.3 Å². The van der Waals surface area contributed by atoms with Gasteiger partial charge < -0.3 is 13.8 Å². The normalized spacial score (nSPS) is 14.4. The summed E-state index contributed by atoms with van der Waals surface area (Å²) < 4.78 is 66.9. The van der Waals surface area contributed by atoms with Crippen LogP contribution in [0.15, 0.2) is 35.2 Å². The topological polar surface area (TPSA) is 96.0 Å². The highest BCUT2D eigenvalue weighted by Crippen LogP contribution is 2.66. The van der Waals surface area contributed by atoms with Crippen LogP contribution in [-0.4, -0.2) is 38.9 Å². The Balaban J connectivity index is 3.30. The van der Waals surface area contributed by atoms with Crippen molar-refractivity contribution in [3.8, 4) is 0 Å². The first-order valence-electron chi connectivity index (χ1n) is 9.22. The Bertz CT molecular complexity index is 759. The lowest BCUT2D eigenvalue weighted by Gasteiger charge is -2.31. The van der Waals surface area contributed by atoms with Crippen molar-refractivity contribution in [2.24, 2.45) is 0 Å². The summed E-state index contributed by atoms with van der Waals surface area (Å²) in [5, 5.41) is 0. The van der Waals surface area contributed by atoms with Crippen molar-refractivity contribution in [2.75, 3.05) is 19.8 Å². The summed E-state index contributed by atoms with van der Waals surface area (Å²) in [4.78, 5) is 11.5. The number of halogens is 1. The van der Waals surface area contributed by atoms with E-state index < -0.39 is 41.0 Å². The lowest BCUT2D eigenvalue weighted by molar-refractivity contribution is -0.144. The van der Waals surface area contributed by atoms with Crippen molar-refractivity contribution >= 4 is 23.4 Å². The minimum atomic E-state index is -4.81. The first-order valence-corrected chi connectivity index (χ1v) is 12.2. The summed E-state index contributed by atoms with van der Waals surface area (Å²) in [5.74, 6) is -0.779. The Morgan fingerprint density at radius 1 is 1.11 bits per heavy atom. The minimum Gasteiger partial charge on any atom is -0.466 e. The SMILES string of the molecule is CCCCOC(=O)CCC(F)(P(=O)(OCC)OCC)S(=O)(=O)c1ccccc1. The molecule has 0 amide bonds. The van der Waals surface area contributed by atoms with Crippen LogP contribution in [0.3, 0.4) is 0 Å². The third-order valence-corrected chi connectivity index (χ3v) is 9.42. The van der Waals surface area contributed by atoms with Crippen LogP contribution < -0.4 is 0 Å². The van der Waals surface area contributed by atoms with Gasteiger partial charge in [0.25, 0.3) is 0 Å². The number of alkyl halides is 1. The third-order valence-electron chi connectivity index (χ3n) is 3.87. The summed E-state index contributed by atoms with van der Waals surface area (Å²) in [6, 6.07) is 6.77. The number of sulfone groups is 1. The molecule has 0 aliphatic carbocycles. The molecule has 1 aromatic rings. The number of rotatable bonds is 13. The molecule has 28 heavy (non-hydrogen) atoms. The summed E-state index contributed by atoms with van der Waals surface area (Å²) in [6.07, 6.45) is -0.0688. The van der Waals surface area contributed by atoms with Crippen molar-refractivity contribution in [2.45, 2.75) is 56.1 Å². The number of carbonyl (C=O) groups is 1. The maximum Gasteiger partial charge on any atom is 0.383 e. The predicted molar refractivity (Wildman–Crippen MR) is 103 cm³/mol. The van der Waals surface area contributed by atoms with Gasteiger partial charge in [0, 0.05) is 6.42 Å². The van der Waals surface area contributed by atoms with Gasteiger partial charge in [-0.3, -0.25) is 9.36 Å². The van der Waals surface area contributed by atoms with Gasteiger partial charge in [0.05, 0.1) is 31.1 Å². The molecule has 0 heterocycles. The number of esters is 1. The van der Waals surface area contributed by atoms with Crippen LogP contribution in [0.2, 0.25) is 0 Å². The molecule has 1 unspecified atom stereocenters. The Morgan fingerprint density at radius 3 is 2.18 bits per heavy atom. The molecule has 0 aliphatic heterocycles. The fourth-order valence-corrected chi connectivity index (χ4v) is 7.01. The average Bonchev–Trinajstić information content (AvgIpc) is 2.67. The smallest absolute Gasteiger partial charge is 0.383 e. The highest BCUT2D eigenvalue weighted by molar-refractivity contribution is 7.99. The van der Waals surface area contributed by atoms with Gasteiger partial charge in [0.15, 0.2) is 0 Å². The Labute approximate surface area is 166 Å². The zero-order valence-electron chi connectivity index (χ0n) is 16.4. The fourth-order valence-electron chi connectivity index (χ4n) is 2.43. The van der Waals surface area contributed by atoms with Gasteiger partial charge in [-0.25, -0.2) is 12.8 Å². The molecule has 160 valence electrons. The zero-order valence-corrected chi connectivity index (χ0v) is 18.1. The molecule has 0 bridgehead atoms. The molecule has 10 heteroatoms. The van der Waals surface area contributed by atoms with Crippen LogP contribution in [-0.2, 0) is 33.0 Å². The Morgan fingerprint density at radius 2 is 1.68 bits per heavy atom. The maximum atomic E-state index is 16.1. The average molecular weight is 438 g/mol. The molecule has 0 aromatic heterocycles. The van der Waals surface area contributed by atoms with Gasteiger partial charge in [-0.05, 0) is 32.4 Å². The lowest BCUT2D eigenvalue weighted by Crippen LogP contribution is -2.36. The van der Waals surface area contributed by atoms with Crippen molar-refractivity contribution in [1.82, 2.24) is 0 Å². The summed E-state index contributed by atoms with van der Waals surface area (Å²) in [7, 11) is -9.59. The second-order valence-electron chi connectivity index (χ2n) is 5.91. The number of hydrogen-bond donors (Lipinski definition) is 0. The van der Waals surface area contributed by atoms with E-state index in [4.69, 9.17) is 13.8 Å². The van der Waals surface area contributed by atoms with Crippen LogP contribution in [0.1, 0.15) is 46.5 Å². The van der Waals surface area contributed by atoms with Gasteiger partial charge in [0.2, 0.25) is 9.84 Å². The molecule has 0 N–H and O–H groups in total. The number of ether oxygens (including phenoxy) is 1. The number of hydrogen-bond acceptors (Lipinski definition) is 7. The minimum absolute atomic E-state index is 0.147. The van der Waals surface area contributed by atoms with Gasteiger partial charge in [0.1, 0.15) is 0 Å². The standard InChI is InChI=1S/C18H28FO7PS/c1-4-7-15-24-17(20)13-14-18(19,27(21,25-5-2)26-6-3)28(22,23)16-11-9-8-10-12-16/h8-12H,4-7,13-15H2,1-3H3. The van der Waals surface area contributed by atoms with Crippen molar-refractivity contribution in [3.05, 3.63) is 30.3 Å². The molecule has 1 rings (SSSR count). The molecule has 7 nitrogen and oxygen atoms in total. The van der Waals surface area contributed by atoms with E-state index in [9.17, 15) is 17.8 Å². The molecular formula is C18H28FO7PS. The van der Waals surface area contributed by atoms with Crippen LogP contribution in [0, 0.1) is 0 Å². The van der Waals surface area contributed by atoms with Crippen molar-refractivity contribution in [3.63, 3.8) is 0 Å². The van der Waals surface area contributed by atoms with Gasteiger partial charge in [-0.15, -0.1) is 0 Å². The third kappa shape index (κ3) is 5.63. The number of benzene rings is 1. The molecule has 1 aromatic carbocycles. The molecule has 0 saturated carbocycles. The number of unbranched alkanes of at least 4 members (excludes halogenated alkanes) is 1. The first kappa shape index (κ1) is 24.8. The van der Waals surface area contributed by atoms with Crippen molar-refractivity contribution < 1.29 is 36.0 Å². The van der Waals surface area contributed by atoms with E-state index in [0.717, 1.165) is 6.42 Å². The Hall–Kier alpha value is -1.28. The number of carbonyl (C=O) groups excluding carboxylic acids is 1. The molecular weight excluding hydrogens is 410 g/mol. The fraction of sp³-hybridized carbons (Fsp3) is 0.611. The molecule has 1 atom stereocenters. The highest BCUT2D eigenvalue weighted by Gasteiger charge is 2.62. The molecule has 0 fully saturated rings. The van der Waals surface area contributed by atoms with Crippen LogP contribution >= 0.6 is 7.60 Å². The van der Waals surface area contributed by atoms with Crippen LogP contribution in [0.25, 0.3) is 0 Å². The molecule has 0 aliphatic rings. The van der Waals surface area contributed by atoms with E-state index in [0.29, 0.717) is 6.42 Å². The lowest BCUT2D eigenvalue weighted by atomic mass is 10.3. The molecule has 0 spiro atoms. The quantitative estimate of drug-likeness (QED) is 0.255. The monoisotopic (exact) mass is 438 g/mol. The maximum absolute atomic E-state index is 16.1. The van der Waals surface area contributed by atoms with E-state index in [2.05, 4.69) is 0 Å². The zero-order chi connectivity index (χ0) is 21.3. The van der Waals surface area contributed by atoms with Crippen LogP contribution in [0.4, 0.5) is 4.39 Å². The second kappa shape index (κ2) is 11.0. The summed E-state index contributed by atoms with van der Waals surface area (Å²) in [5.41, 5.74) is 0. The highest BCUT2D eigenvalue weighted by atomic mass is 32.2. The second-order valence-corrected chi connectivity index (χ2v) is 10.6. The molecule has 0 saturated heterocycles. The van der Waals surface area contributed by atoms with E-state index in [1.54, 1.807) is 6.07 Å². The Kier molecular flexibility index (Phi) is 9.77. The largest absolute Gasteiger partial charge is 0.466 e. The van der Waals surface area contributed by atoms with Gasteiger partial charge in [-0.2, -0.15) is 0 Å². The predicted octanol–water partition coefficient (Wildman–Crippen LogP) is 4.47. The van der Waals surface area contributed by atoms with E-state index in [-0.39, 0.29) is 24.7 Å². The van der Waals surface area contributed by atoms with Gasteiger partial charge in [-0.1, -0.05) is 31.5 Å². The van der Waals surface area contributed by atoms with E-state index in [1.165, 1.54) is 38.1 Å². The van der Waals surface area contributed by atoms with E-state index >= 15 is 4.39 Å². The van der Waals surface area contributed by atoms with E-state index in [1.807, 2.05) is 6.92 Å².